The van der Waals surface area contributed by atoms with Gasteiger partial charge in [0.05, 0.1) is 18.8 Å². The molecule has 0 radical (unpaired) electrons. The van der Waals surface area contributed by atoms with Crippen LogP contribution < -0.4 is 10.1 Å². The molecule has 1 saturated heterocycles. The van der Waals surface area contributed by atoms with Gasteiger partial charge in [-0.25, -0.2) is 0 Å². The topological polar surface area (TPSA) is 41.5 Å². The number of ether oxygens (including phenoxy) is 1. The molecule has 2 N–H and O–H groups in total. The molecule has 2 atom stereocenters. The first-order valence-electron chi connectivity index (χ1n) is 6.02. The van der Waals surface area contributed by atoms with Gasteiger partial charge in [-0.3, -0.25) is 0 Å². The van der Waals surface area contributed by atoms with Crippen molar-refractivity contribution < 1.29 is 9.84 Å². The molecule has 16 heavy (non-hydrogen) atoms. The maximum absolute atomic E-state index is 9.85. The molecule has 86 valence electrons. The van der Waals surface area contributed by atoms with Crippen LogP contribution in [0.1, 0.15) is 30.0 Å². The lowest BCUT2D eigenvalue weighted by molar-refractivity contribution is 0.160. The molecule has 1 aromatic carbocycles. The molecule has 0 bridgehead atoms. The summed E-state index contributed by atoms with van der Waals surface area (Å²) in [5.74, 6) is 1.02. The van der Waals surface area contributed by atoms with Crippen LogP contribution in [-0.4, -0.2) is 24.4 Å². The van der Waals surface area contributed by atoms with E-state index in [0.29, 0.717) is 0 Å². The van der Waals surface area contributed by atoms with E-state index in [4.69, 9.17) is 4.74 Å². The average Bonchev–Trinajstić information content (AvgIpc) is 2.75. The van der Waals surface area contributed by atoms with Gasteiger partial charge in [-0.05, 0) is 43.0 Å². The third-order valence-electron chi connectivity index (χ3n) is 3.48. The molecule has 0 amide bonds. The lowest BCUT2D eigenvalue weighted by Gasteiger charge is -2.21. The van der Waals surface area contributed by atoms with Crippen molar-refractivity contribution in [3.05, 3.63) is 29.3 Å². The highest BCUT2D eigenvalue weighted by molar-refractivity contribution is 5.40. The second-order valence-electron chi connectivity index (χ2n) is 4.61. The molecule has 2 unspecified atom stereocenters. The minimum atomic E-state index is -0.248. The summed E-state index contributed by atoms with van der Waals surface area (Å²) in [5, 5.41) is 13.2. The van der Waals surface area contributed by atoms with Crippen LogP contribution in [0.5, 0.6) is 5.75 Å². The van der Waals surface area contributed by atoms with Gasteiger partial charge in [-0.1, -0.05) is 12.1 Å². The fourth-order valence-electron chi connectivity index (χ4n) is 2.60. The second-order valence-corrected chi connectivity index (χ2v) is 4.61. The zero-order valence-corrected chi connectivity index (χ0v) is 9.28. The van der Waals surface area contributed by atoms with E-state index in [-0.39, 0.29) is 12.1 Å². The minimum Gasteiger partial charge on any atom is -0.493 e. The maximum Gasteiger partial charge on any atom is 0.122 e. The number of rotatable bonds is 1. The third-order valence-corrected chi connectivity index (χ3v) is 3.48. The summed E-state index contributed by atoms with van der Waals surface area (Å²) < 4.78 is 5.59. The Labute approximate surface area is 95.4 Å². The van der Waals surface area contributed by atoms with Gasteiger partial charge in [-0.15, -0.1) is 0 Å². The summed E-state index contributed by atoms with van der Waals surface area (Å²) in [6.45, 7) is 1.73. The third kappa shape index (κ3) is 1.70. The van der Waals surface area contributed by atoms with Crippen molar-refractivity contribution in [3.8, 4) is 5.75 Å². The van der Waals surface area contributed by atoms with Crippen LogP contribution in [0, 0.1) is 0 Å². The zero-order valence-electron chi connectivity index (χ0n) is 9.28. The quantitative estimate of drug-likeness (QED) is 0.750. The molecule has 1 fully saturated rings. The summed E-state index contributed by atoms with van der Waals surface area (Å²) in [5.41, 5.74) is 2.47. The lowest BCUT2D eigenvalue weighted by Crippen LogP contribution is -2.21. The van der Waals surface area contributed by atoms with Gasteiger partial charge in [0.1, 0.15) is 5.75 Å². The number of aliphatic hydroxyl groups is 1. The molecule has 2 aliphatic heterocycles. The van der Waals surface area contributed by atoms with E-state index in [0.717, 1.165) is 38.2 Å². The second kappa shape index (κ2) is 4.07. The normalized spacial score (nSPS) is 28.6. The van der Waals surface area contributed by atoms with E-state index in [9.17, 15) is 5.11 Å². The predicted molar refractivity (Wildman–Crippen MR) is 61.6 cm³/mol. The summed E-state index contributed by atoms with van der Waals surface area (Å²) in [6, 6.07) is 6.39. The summed E-state index contributed by atoms with van der Waals surface area (Å²) in [7, 11) is 0. The molecule has 3 heteroatoms. The number of benzene rings is 1. The molecule has 0 spiro atoms. The van der Waals surface area contributed by atoms with Crippen molar-refractivity contribution in [2.45, 2.75) is 31.4 Å². The predicted octanol–water partition coefficient (Wildman–Crippen LogP) is 1.41. The highest BCUT2D eigenvalue weighted by atomic mass is 16.5. The van der Waals surface area contributed by atoms with Gasteiger partial charge >= 0.3 is 0 Å². The summed E-state index contributed by atoms with van der Waals surface area (Å²) in [4.78, 5) is 0. The van der Waals surface area contributed by atoms with E-state index in [2.05, 4.69) is 17.4 Å². The van der Waals surface area contributed by atoms with Crippen molar-refractivity contribution in [1.29, 1.82) is 0 Å². The number of aryl methyl sites for hydroxylation is 1. The highest BCUT2D eigenvalue weighted by Crippen LogP contribution is 2.30. The SMILES string of the molecule is OC1CCNC1c1ccc2c(c1)CCCO2. The Kier molecular flexibility index (Phi) is 2.58. The monoisotopic (exact) mass is 219 g/mol. The summed E-state index contributed by atoms with van der Waals surface area (Å²) >= 11 is 0. The highest BCUT2D eigenvalue weighted by Gasteiger charge is 2.26. The van der Waals surface area contributed by atoms with Crippen molar-refractivity contribution in [2.24, 2.45) is 0 Å². The van der Waals surface area contributed by atoms with Crippen LogP contribution in [0.15, 0.2) is 18.2 Å². The Bertz CT molecular complexity index is 392. The molecule has 3 rings (SSSR count). The van der Waals surface area contributed by atoms with Gasteiger partial charge in [0.15, 0.2) is 0 Å². The largest absolute Gasteiger partial charge is 0.493 e. The molecule has 1 aromatic rings. The van der Waals surface area contributed by atoms with Gasteiger partial charge in [0, 0.05) is 0 Å². The molecule has 0 saturated carbocycles. The van der Waals surface area contributed by atoms with Gasteiger partial charge < -0.3 is 15.2 Å². The van der Waals surface area contributed by atoms with Crippen LogP contribution in [0.3, 0.4) is 0 Å². The molecular formula is C13H17NO2. The first-order valence-corrected chi connectivity index (χ1v) is 6.02. The van der Waals surface area contributed by atoms with Crippen molar-refractivity contribution in [2.75, 3.05) is 13.2 Å². The van der Waals surface area contributed by atoms with E-state index in [1.165, 1.54) is 11.1 Å². The first-order chi connectivity index (χ1) is 7.84. The standard InChI is InChI=1S/C13H17NO2/c15-11-5-6-14-13(11)10-3-4-12-9(8-10)2-1-7-16-12/h3-4,8,11,13-15H,1-2,5-7H2. The van der Waals surface area contributed by atoms with Crippen LogP contribution in [0.25, 0.3) is 0 Å². The van der Waals surface area contributed by atoms with E-state index in [1.54, 1.807) is 0 Å². The number of fused-ring (bicyclic) bond motifs is 1. The minimum absolute atomic E-state index is 0.104. The van der Waals surface area contributed by atoms with E-state index >= 15 is 0 Å². The lowest BCUT2D eigenvalue weighted by atomic mass is 9.97. The number of aliphatic hydroxyl groups excluding tert-OH is 1. The number of hydrogen-bond acceptors (Lipinski definition) is 3. The zero-order chi connectivity index (χ0) is 11.0. The van der Waals surface area contributed by atoms with Gasteiger partial charge in [0.2, 0.25) is 0 Å². The Morgan fingerprint density at radius 1 is 1.38 bits per heavy atom. The molecule has 2 aliphatic rings. The van der Waals surface area contributed by atoms with E-state index in [1.807, 2.05) is 6.07 Å². The van der Waals surface area contributed by atoms with Crippen LogP contribution in [0.2, 0.25) is 0 Å². The Balaban J connectivity index is 1.90. The number of nitrogens with one attached hydrogen (secondary N) is 1. The first kappa shape index (κ1) is 10.1. The Morgan fingerprint density at radius 2 is 2.31 bits per heavy atom. The molecule has 3 nitrogen and oxygen atoms in total. The van der Waals surface area contributed by atoms with Crippen molar-refractivity contribution in [1.82, 2.24) is 5.32 Å². The van der Waals surface area contributed by atoms with Crippen molar-refractivity contribution >= 4 is 0 Å². The smallest absolute Gasteiger partial charge is 0.122 e. The van der Waals surface area contributed by atoms with Crippen molar-refractivity contribution in [3.63, 3.8) is 0 Å². The average molecular weight is 219 g/mol. The maximum atomic E-state index is 9.85. The molecule has 2 heterocycles. The van der Waals surface area contributed by atoms with E-state index < -0.39 is 0 Å². The van der Waals surface area contributed by atoms with Gasteiger partial charge in [-0.2, -0.15) is 0 Å². The number of hydrogen-bond donors (Lipinski definition) is 2. The molecule has 0 aromatic heterocycles. The van der Waals surface area contributed by atoms with Gasteiger partial charge in [0.25, 0.3) is 0 Å². The van der Waals surface area contributed by atoms with Crippen LogP contribution in [-0.2, 0) is 6.42 Å². The van der Waals surface area contributed by atoms with Crippen LogP contribution >= 0.6 is 0 Å². The Hall–Kier alpha value is -1.06. The molecule has 0 aliphatic carbocycles. The Morgan fingerprint density at radius 3 is 3.12 bits per heavy atom. The summed E-state index contributed by atoms with van der Waals surface area (Å²) in [6.07, 6.45) is 2.78. The fraction of sp³-hybridized carbons (Fsp3) is 0.538. The van der Waals surface area contributed by atoms with Crippen LogP contribution in [0.4, 0.5) is 0 Å². The molecular weight excluding hydrogens is 202 g/mol. The fourth-order valence-corrected chi connectivity index (χ4v) is 2.60.